The monoisotopic (exact) mass is 390 g/mol. The van der Waals surface area contributed by atoms with E-state index in [9.17, 15) is 9.18 Å². The highest BCUT2D eigenvalue weighted by Gasteiger charge is 2.46. The summed E-state index contributed by atoms with van der Waals surface area (Å²) in [6, 6.07) is 9.81. The average Bonchev–Trinajstić information content (AvgIpc) is 2.74. The van der Waals surface area contributed by atoms with Gasteiger partial charge in [0, 0.05) is 30.3 Å². The number of hydrogen-bond acceptors (Lipinski definition) is 5. The van der Waals surface area contributed by atoms with Gasteiger partial charge in [-0.25, -0.2) is 4.39 Å². The van der Waals surface area contributed by atoms with Crippen molar-refractivity contribution in [3.63, 3.8) is 0 Å². The summed E-state index contributed by atoms with van der Waals surface area (Å²) in [6.45, 7) is 3.26. The van der Waals surface area contributed by atoms with Crippen LogP contribution >= 0.6 is 0 Å². The van der Waals surface area contributed by atoms with Gasteiger partial charge in [-0.3, -0.25) is 9.78 Å². The summed E-state index contributed by atoms with van der Waals surface area (Å²) in [5.74, 6) is -0.313. The Morgan fingerprint density at radius 2 is 2.10 bits per heavy atom. The van der Waals surface area contributed by atoms with E-state index in [1.54, 1.807) is 18.3 Å². The molecule has 0 saturated carbocycles. The molecule has 0 spiro atoms. The first-order valence-electron chi connectivity index (χ1n) is 9.67. The zero-order chi connectivity index (χ0) is 20.4. The first kappa shape index (κ1) is 19.2. The van der Waals surface area contributed by atoms with Crippen LogP contribution < -0.4 is 10.6 Å². The largest absolute Gasteiger partial charge is 0.355 e. The Morgan fingerprint density at radius 1 is 1.31 bits per heavy atom. The summed E-state index contributed by atoms with van der Waals surface area (Å²) in [5.41, 5.74) is 4.02. The second-order valence-corrected chi connectivity index (χ2v) is 7.62. The fourth-order valence-corrected chi connectivity index (χ4v) is 4.10. The van der Waals surface area contributed by atoms with Gasteiger partial charge in [0.15, 0.2) is 5.78 Å². The molecule has 1 aromatic carbocycles. The molecule has 1 aliphatic heterocycles. The minimum Gasteiger partial charge on any atom is -0.355 e. The van der Waals surface area contributed by atoms with Gasteiger partial charge in [-0.05, 0) is 79.9 Å². The number of carbonyl (C=O) groups is 1. The van der Waals surface area contributed by atoms with Crippen LogP contribution in [0.2, 0.25) is 0 Å². The molecule has 4 rings (SSSR count). The van der Waals surface area contributed by atoms with Crippen LogP contribution in [0.15, 0.2) is 65.5 Å². The molecule has 0 amide bonds. The second kappa shape index (κ2) is 7.72. The standard InChI is InChI=1S/C23H23FN4O/c1-15-6-9-27-21(10-15)22(29)23-12-16(13-25)20(11-17(23)7-8-26-14-23)28-19-4-2-18(24)3-5-19/h2-6,9-11,13,25-26,28H,7-8,12,14H2,1H3. The molecule has 3 N–H and O–H groups in total. The van der Waals surface area contributed by atoms with Crippen LogP contribution in [0.25, 0.3) is 0 Å². The first-order chi connectivity index (χ1) is 14.0. The maximum Gasteiger partial charge on any atom is 0.192 e. The topological polar surface area (TPSA) is 77.9 Å². The number of pyridine rings is 1. The van der Waals surface area contributed by atoms with Gasteiger partial charge in [0.05, 0.1) is 5.41 Å². The highest BCUT2D eigenvalue weighted by Crippen LogP contribution is 2.44. The van der Waals surface area contributed by atoms with E-state index in [0.717, 1.165) is 41.1 Å². The molecule has 1 atom stereocenters. The Morgan fingerprint density at radius 3 is 2.83 bits per heavy atom. The number of piperidine rings is 1. The molecule has 148 valence electrons. The molecule has 29 heavy (non-hydrogen) atoms. The van der Waals surface area contributed by atoms with Crippen LogP contribution in [0.5, 0.6) is 0 Å². The van der Waals surface area contributed by atoms with Crippen LogP contribution in [0.4, 0.5) is 10.1 Å². The molecule has 1 fully saturated rings. The Labute approximate surface area is 169 Å². The van der Waals surface area contributed by atoms with E-state index in [0.29, 0.717) is 18.7 Å². The summed E-state index contributed by atoms with van der Waals surface area (Å²) in [5, 5.41) is 14.6. The quantitative estimate of drug-likeness (QED) is 0.532. The normalized spacial score (nSPS) is 21.2. The number of nitrogens with zero attached hydrogens (tertiary/aromatic N) is 1. The van der Waals surface area contributed by atoms with E-state index in [4.69, 9.17) is 5.41 Å². The van der Waals surface area contributed by atoms with E-state index in [1.807, 2.05) is 25.1 Å². The van der Waals surface area contributed by atoms with Crippen molar-refractivity contribution >= 4 is 17.7 Å². The van der Waals surface area contributed by atoms with Gasteiger partial charge in [-0.1, -0.05) is 5.57 Å². The van der Waals surface area contributed by atoms with Gasteiger partial charge in [-0.15, -0.1) is 0 Å². The van der Waals surface area contributed by atoms with Crippen molar-refractivity contribution in [2.24, 2.45) is 5.41 Å². The number of Topliss-reactive ketones (excluding diaryl/α,β-unsaturated/α-hetero) is 1. The van der Waals surface area contributed by atoms with E-state index in [-0.39, 0.29) is 11.6 Å². The van der Waals surface area contributed by atoms with E-state index < -0.39 is 5.41 Å². The Hall–Kier alpha value is -3.12. The van der Waals surface area contributed by atoms with E-state index in [1.165, 1.54) is 18.3 Å². The maximum atomic E-state index is 13.6. The zero-order valence-electron chi connectivity index (χ0n) is 16.3. The predicted molar refractivity (Wildman–Crippen MR) is 112 cm³/mol. The van der Waals surface area contributed by atoms with Gasteiger partial charge in [0.1, 0.15) is 11.5 Å². The van der Waals surface area contributed by atoms with Crippen molar-refractivity contribution in [1.29, 1.82) is 5.41 Å². The van der Waals surface area contributed by atoms with Crippen LogP contribution in [0, 0.1) is 23.6 Å². The van der Waals surface area contributed by atoms with Crippen molar-refractivity contribution in [2.75, 3.05) is 18.4 Å². The minimum atomic E-state index is -0.736. The van der Waals surface area contributed by atoms with Gasteiger partial charge in [0.25, 0.3) is 0 Å². The molecule has 1 unspecified atom stereocenters. The van der Waals surface area contributed by atoms with Crippen molar-refractivity contribution in [3.8, 4) is 0 Å². The number of hydrogen-bond donors (Lipinski definition) is 3. The molecule has 6 heteroatoms. The number of ketones is 1. The molecule has 2 aliphatic rings. The summed E-state index contributed by atoms with van der Waals surface area (Å²) in [4.78, 5) is 17.9. The zero-order valence-corrected chi connectivity index (χ0v) is 16.3. The molecule has 2 heterocycles. The summed E-state index contributed by atoms with van der Waals surface area (Å²) < 4.78 is 13.2. The number of anilines is 1. The van der Waals surface area contributed by atoms with Gasteiger partial charge < -0.3 is 16.0 Å². The lowest BCUT2D eigenvalue weighted by Gasteiger charge is -2.42. The number of rotatable bonds is 5. The molecule has 1 saturated heterocycles. The lowest BCUT2D eigenvalue weighted by Crippen LogP contribution is -2.49. The highest BCUT2D eigenvalue weighted by molar-refractivity contribution is 6.03. The SMILES string of the molecule is Cc1ccnc(C(=O)C23CNCCC2=CC(Nc2ccc(F)cc2)=C(C=N)C3)c1. The lowest BCUT2D eigenvalue weighted by molar-refractivity contribution is 0.0812. The first-order valence-corrected chi connectivity index (χ1v) is 9.67. The lowest BCUT2D eigenvalue weighted by atomic mass is 9.65. The third kappa shape index (κ3) is 3.63. The molecular weight excluding hydrogens is 367 g/mol. The van der Waals surface area contributed by atoms with Gasteiger partial charge >= 0.3 is 0 Å². The average molecular weight is 390 g/mol. The fourth-order valence-electron chi connectivity index (χ4n) is 4.10. The third-order valence-electron chi connectivity index (χ3n) is 5.65. The number of halogens is 1. The smallest absolute Gasteiger partial charge is 0.192 e. The summed E-state index contributed by atoms with van der Waals surface area (Å²) in [6.07, 6.45) is 6.12. The van der Waals surface area contributed by atoms with Gasteiger partial charge in [-0.2, -0.15) is 0 Å². The minimum absolute atomic E-state index is 0.0140. The van der Waals surface area contributed by atoms with Crippen molar-refractivity contribution in [1.82, 2.24) is 10.3 Å². The highest BCUT2D eigenvalue weighted by atomic mass is 19.1. The number of aromatic nitrogens is 1. The number of nitrogens with one attached hydrogen (secondary N) is 3. The number of carbonyl (C=O) groups excluding carboxylic acids is 1. The van der Waals surface area contributed by atoms with Gasteiger partial charge in [0.2, 0.25) is 0 Å². The van der Waals surface area contributed by atoms with Crippen LogP contribution in [0.1, 0.15) is 28.9 Å². The number of fused-ring (bicyclic) bond motifs is 1. The predicted octanol–water partition coefficient (Wildman–Crippen LogP) is 4.04. The summed E-state index contributed by atoms with van der Waals surface area (Å²) >= 11 is 0. The second-order valence-electron chi connectivity index (χ2n) is 7.62. The third-order valence-corrected chi connectivity index (χ3v) is 5.65. The fraction of sp³-hybridized carbons (Fsp3) is 0.261. The van der Waals surface area contributed by atoms with Crippen LogP contribution in [0.3, 0.4) is 0 Å². The number of allylic oxidation sites excluding steroid dienone is 2. The molecular formula is C23H23FN4O. The van der Waals surface area contributed by atoms with Crippen molar-refractivity contribution in [2.45, 2.75) is 19.8 Å². The van der Waals surface area contributed by atoms with Crippen molar-refractivity contribution < 1.29 is 9.18 Å². The van der Waals surface area contributed by atoms with E-state index in [2.05, 4.69) is 15.6 Å². The Kier molecular flexibility index (Phi) is 5.11. The molecule has 5 nitrogen and oxygen atoms in total. The Bertz CT molecular complexity index is 1030. The number of benzene rings is 1. The molecule has 1 aromatic heterocycles. The molecule has 2 aromatic rings. The van der Waals surface area contributed by atoms with Crippen LogP contribution in [-0.4, -0.2) is 30.1 Å². The number of aryl methyl sites for hydroxylation is 1. The molecule has 0 bridgehead atoms. The van der Waals surface area contributed by atoms with E-state index >= 15 is 0 Å². The summed E-state index contributed by atoms with van der Waals surface area (Å²) in [7, 11) is 0. The Balaban J connectivity index is 1.72. The van der Waals surface area contributed by atoms with Crippen LogP contribution in [-0.2, 0) is 0 Å². The molecule has 0 radical (unpaired) electrons. The van der Waals surface area contributed by atoms with Crippen molar-refractivity contribution in [3.05, 3.63) is 82.6 Å². The maximum absolute atomic E-state index is 13.6. The molecule has 1 aliphatic carbocycles.